The third-order valence-corrected chi connectivity index (χ3v) is 6.83. The molecule has 0 radical (unpaired) electrons. The van der Waals surface area contributed by atoms with E-state index in [1.165, 1.54) is 17.4 Å². The van der Waals surface area contributed by atoms with Crippen molar-refractivity contribution in [3.05, 3.63) is 52.0 Å². The number of halogens is 4. The summed E-state index contributed by atoms with van der Waals surface area (Å²) in [5.74, 6) is -1.38. The Morgan fingerprint density at radius 2 is 2.00 bits per heavy atom. The number of carbonyl (C=O) groups is 2. The van der Waals surface area contributed by atoms with Crippen LogP contribution in [0.3, 0.4) is 0 Å². The second kappa shape index (κ2) is 10.6. The number of aromatic nitrogens is 1. The highest BCUT2D eigenvalue weighted by Gasteiger charge is 2.40. The second-order valence-corrected chi connectivity index (χ2v) is 9.43. The van der Waals surface area contributed by atoms with Gasteiger partial charge in [-0.05, 0) is 56.7 Å². The first-order valence-corrected chi connectivity index (χ1v) is 11.8. The van der Waals surface area contributed by atoms with Gasteiger partial charge in [0, 0.05) is 35.3 Å². The molecular weight excluding hydrogens is 472 g/mol. The number of nitrogens with zero attached hydrogens (tertiary/aromatic N) is 1. The predicted molar refractivity (Wildman–Crippen MR) is 121 cm³/mol. The van der Waals surface area contributed by atoms with Crippen molar-refractivity contribution < 1.29 is 27.2 Å². The van der Waals surface area contributed by atoms with Crippen molar-refractivity contribution in [3.63, 3.8) is 0 Å². The minimum atomic E-state index is -4.57. The van der Waals surface area contributed by atoms with Crippen molar-refractivity contribution in [1.82, 2.24) is 15.6 Å². The molecule has 1 aliphatic rings. The van der Waals surface area contributed by atoms with Gasteiger partial charge in [0.1, 0.15) is 5.01 Å². The first kappa shape index (κ1) is 25.8. The molecule has 34 heavy (non-hydrogen) atoms. The van der Waals surface area contributed by atoms with E-state index in [-0.39, 0.29) is 23.9 Å². The zero-order valence-electron chi connectivity index (χ0n) is 18.5. The van der Waals surface area contributed by atoms with Crippen LogP contribution >= 0.6 is 11.3 Å². The molecule has 3 rings (SSSR count). The number of rotatable bonds is 8. The van der Waals surface area contributed by atoms with Gasteiger partial charge in [0.25, 0.3) is 5.91 Å². The normalized spacial score (nSPS) is 21.5. The predicted octanol–water partition coefficient (Wildman–Crippen LogP) is 4.86. The zero-order chi connectivity index (χ0) is 24.9. The van der Waals surface area contributed by atoms with Crippen LogP contribution in [0.5, 0.6) is 0 Å². The first-order valence-electron chi connectivity index (χ1n) is 10.9. The summed E-state index contributed by atoms with van der Waals surface area (Å²) in [5, 5.41) is 15.6. The molecule has 0 aliphatic heterocycles. The molecule has 1 aromatic heterocycles. The molecule has 1 saturated carbocycles. The lowest BCUT2D eigenvalue weighted by atomic mass is 9.77. The van der Waals surface area contributed by atoms with Gasteiger partial charge in [-0.2, -0.15) is 13.2 Å². The highest BCUT2D eigenvalue weighted by Crippen LogP contribution is 2.44. The number of alkyl halides is 4. The monoisotopic (exact) mass is 498 g/mol. The van der Waals surface area contributed by atoms with Gasteiger partial charge >= 0.3 is 6.18 Å². The smallest absolute Gasteiger partial charge is 0.352 e. The van der Waals surface area contributed by atoms with E-state index in [0.29, 0.717) is 36.4 Å². The van der Waals surface area contributed by atoms with E-state index in [1.807, 2.05) is 0 Å². The van der Waals surface area contributed by atoms with Crippen molar-refractivity contribution in [1.29, 1.82) is 5.41 Å². The zero-order valence-corrected chi connectivity index (χ0v) is 19.4. The Kier molecular flexibility index (Phi) is 8.06. The van der Waals surface area contributed by atoms with Crippen LogP contribution in [0, 0.1) is 11.3 Å². The molecule has 2 amide bonds. The lowest BCUT2D eigenvalue weighted by molar-refractivity contribution is -0.137. The Morgan fingerprint density at radius 3 is 2.62 bits per heavy atom. The number of hydrogen-bond acceptors (Lipinski definition) is 5. The van der Waals surface area contributed by atoms with Crippen molar-refractivity contribution >= 4 is 28.9 Å². The number of hydrogen-bond donors (Lipinski definition) is 3. The standard InChI is InChI=1S/C23H26F4N4O2S/c1-14(11-18(28)15-5-7-22(24,8-6-15)21-29-9-10-34-21)31-19(32)13-30-20(33)16-3-2-4-17(12-16)23(25,26)27/h2-4,9-10,12,14-15,28H,5-8,11,13H2,1H3,(H,30,33)(H,31,32)/t14-,15?,22?/m1/s1. The third kappa shape index (κ3) is 6.62. The molecule has 2 aromatic rings. The Bertz CT molecular complexity index is 1020. The van der Waals surface area contributed by atoms with Crippen LogP contribution in [0.4, 0.5) is 17.6 Å². The number of amides is 2. The first-order chi connectivity index (χ1) is 16.0. The molecule has 1 aliphatic carbocycles. The van der Waals surface area contributed by atoms with E-state index in [9.17, 15) is 22.8 Å². The second-order valence-electron chi connectivity index (χ2n) is 8.54. The highest BCUT2D eigenvalue weighted by atomic mass is 32.1. The molecule has 6 nitrogen and oxygen atoms in total. The van der Waals surface area contributed by atoms with Crippen LogP contribution < -0.4 is 10.6 Å². The van der Waals surface area contributed by atoms with Gasteiger partial charge < -0.3 is 16.0 Å². The quantitative estimate of drug-likeness (QED) is 0.358. The van der Waals surface area contributed by atoms with Crippen molar-refractivity contribution in [2.45, 2.75) is 56.9 Å². The maximum atomic E-state index is 15.1. The summed E-state index contributed by atoms with van der Waals surface area (Å²) >= 11 is 1.30. The summed E-state index contributed by atoms with van der Waals surface area (Å²) in [5.41, 5.74) is -2.16. The van der Waals surface area contributed by atoms with Gasteiger partial charge in [-0.1, -0.05) is 6.07 Å². The molecule has 11 heteroatoms. The van der Waals surface area contributed by atoms with Gasteiger partial charge in [-0.3, -0.25) is 9.59 Å². The summed E-state index contributed by atoms with van der Waals surface area (Å²) in [6.07, 6.45) is -1.04. The average molecular weight is 499 g/mol. The molecule has 0 spiro atoms. The van der Waals surface area contributed by atoms with Crippen molar-refractivity contribution in [2.75, 3.05) is 6.54 Å². The lowest BCUT2D eigenvalue weighted by Crippen LogP contribution is -2.42. The van der Waals surface area contributed by atoms with Gasteiger partial charge in [0.2, 0.25) is 5.91 Å². The third-order valence-electron chi connectivity index (χ3n) is 5.88. The summed E-state index contributed by atoms with van der Waals surface area (Å²) in [4.78, 5) is 28.4. The van der Waals surface area contributed by atoms with Gasteiger partial charge in [-0.15, -0.1) is 11.3 Å². The van der Waals surface area contributed by atoms with Crippen molar-refractivity contribution in [3.8, 4) is 0 Å². The fourth-order valence-electron chi connectivity index (χ4n) is 4.06. The van der Waals surface area contributed by atoms with Crippen LogP contribution in [-0.4, -0.2) is 35.1 Å². The Labute approximate surface area is 198 Å². The van der Waals surface area contributed by atoms with Crippen molar-refractivity contribution in [2.24, 2.45) is 5.92 Å². The van der Waals surface area contributed by atoms with E-state index in [2.05, 4.69) is 15.6 Å². The fourth-order valence-corrected chi connectivity index (χ4v) is 4.84. The van der Waals surface area contributed by atoms with Gasteiger partial charge in [0.15, 0.2) is 5.67 Å². The maximum Gasteiger partial charge on any atom is 0.416 e. The van der Waals surface area contributed by atoms with Crippen LogP contribution in [0.15, 0.2) is 35.8 Å². The van der Waals surface area contributed by atoms with E-state index in [1.54, 1.807) is 18.5 Å². The minimum Gasteiger partial charge on any atom is -0.352 e. The molecule has 1 aromatic carbocycles. The van der Waals surface area contributed by atoms with Crippen LogP contribution in [0.2, 0.25) is 0 Å². The van der Waals surface area contributed by atoms with Gasteiger partial charge in [0.05, 0.1) is 12.1 Å². The summed E-state index contributed by atoms with van der Waals surface area (Å²) < 4.78 is 53.5. The lowest BCUT2D eigenvalue weighted by Gasteiger charge is -2.33. The maximum absolute atomic E-state index is 15.1. The van der Waals surface area contributed by atoms with Crippen LogP contribution in [-0.2, 0) is 16.6 Å². The van der Waals surface area contributed by atoms with Crippen LogP contribution in [0.25, 0.3) is 0 Å². The van der Waals surface area contributed by atoms with E-state index in [4.69, 9.17) is 5.41 Å². The summed E-state index contributed by atoms with van der Waals surface area (Å²) in [6.45, 7) is 1.31. The Hall–Kier alpha value is -2.82. The summed E-state index contributed by atoms with van der Waals surface area (Å²) in [7, 11) is 0. The molecule has 0 saturated heterocycles. The highest BCUT2D eigenvalue weighted by molar-refractivity contribution is 7.09. The Morgan fingerprint density at radius 1 is 1.29 bits per heavy atom. The minimum absolute atomic E-state index is 0.0659. The molecule has 184 valence electrons. The molecule has 1 heterocycles. The molecular formula is C23H26F4N4O2S. The number of thiazole rings is 1. The molecule has 3 N–H and O–H groups in total. The van der Waals surface area contributed by atoms with Gasteiger partial charge in [-0.25, -0.2) is 9.37 Å². The van der Waals surface area contributed by atoms with E-state index < -0.39 is 35.8 Å². The molecule has 1 fully saturated rings. The molecule has 0 bridgehead atoms. The topological polar surface area (TPSA) is 94.9 Å². The number of carbonyl (C=O) groups excluding carboxylic acids is 2. The number of benzene rings is 1. The van der Waals surface area contributed by atoms with Crippen LogP contribution in [0.1, 0.15) is 60.0 Å². The van der Waals surface area contributed by atoms with E-state index in [0.717, 1.165) is 18.2 Å². The van der Waals surface area contributed by atoms with E-state index >= 15 is 4.39 Å². The largest absolute Gasteiger partial charge is 0.416 e. The fraction of sp³-hybridized carbons (Fsp3) is 0.478. The molecule has 1 atom stereocenters. The molecule has 0 unspecified atom stereocenters. The average Bonchev–Trinajstić information content (AvgIpc) is 3.33. The SMILES string of the molecule is C[C@H](CC(=N)C1CCC(F)(c2nccs2)CC1)NC(=O)CNC(=O)c1cccc(C(F)(F)F)c1. The summed E-state index contributed by atoms with van der Waals surface area (Å²) in [6, 6.07) is 3.56. The Balaban J connectivity index is 1.42. The number of nitrogens with one attached hydrogen (secondary N) is 3.